The Balaban J connectivity index is 0.00000225. The number of halogens is 1. The van der Waals surface area contributed by atoms with Crippen molar-refractivity contribution in [3.63, 3.8) is 0 Å². The molecule has 1 saturated heterocycles. The molecule has 0 bridgehead atoms. The number of rotatable bonds is 5. The van der Waals surface area contributed by atoms with Crippen molar-refractivity contribution in [1.29, 1.82) is 0 Å². The largest absolute Gasteiger partial charge is 0.450 e. The third-order valence-electron chi connectivity index (χ3n) is 2.32. The molecule has 1 heterocycles. The summed E-state index contributed by atoms with van der Waals surface area (Å²) in [7, 11) is 0. The van der Waals surface area contributed by atoms with E-state index in [4.69, 9.17) is 4.74 Å². The first-order chi connectivity index (χ1) is 7.33. The number of amides is 1. The van der Waals surface area contributed by atoms with E-state index in [0.29, 0.717) is 19.2 Å². The molecule has 2 N–H and O–H groups in total. The Kier molecular flexibility index (Phi) is 9.97. The molecule has 1 rings (SSSR count). The van der Waals surface area contributed by atoms with Crippen molar-refractivity contribution in [2.75, 3.05) is 31.2 Å². The molecular weight excluding hydrogens is 248 g/mol. The fourth-order valence-electron chi connectivity index (χ4n) is 1.52. The molecule has 0 spiro atoms. The van der Waals surface area contributed by atoms with Crippen molar-refractivity contribution in [2.24, 2.45) is 0 Å². The Hall–Kier alpha value is -0.130. The zero-order valence-corrected chi connectivity index (χ0v) is 11.3. The maximum absolute atomic E-state index is 10.9. The summed E-state index contributed by atoms with van der Waals surface area (Å²) in [6.45, 7) is 3.70. The molecule has 0 unspecified atom stereocenters. The zero-order chi connectivity index (χ0) is 10.9. The Morgan fingerprint density at radius 1 is 1.38 bits per heavy atom. The fourth-order valence-corrected chi connectivity index (χ4v) is 2.63. The monoisotopic (exact) mass is 268 g/mol. The van der Waals surface area contributed by atoms with Gasteiger partial charge < -0.3 is 15.4 Å². The predicted molar refractivity (Wildman–Crippen MR) is 70.6 cm³/mol. The average Bonchev–Trinajstić information content (AvgIpc) is 2.26. The number of carbonyl (C=O) groups excluding carboxylic acids is 1. The highest BCUT2D eigenvalue weighted by Gasteiger charge is 2.12. The van der Waals surface area contributed by atoms with E-state index in [1.165, 1.54) is 24.3 Å². The summed E-state index contributed by atoms with van der Waals surface area (Å²) in [6.07, 6.45) is 2.16. The van der Waals surface area contributed by atoms with Gasteiger partial charge in [-0.3, -0.25) is 0 Å². The van der Waals surface area contributed by atoms with Crippen LogP contribution in [0.3, 0.4) is 0 Å². The van der Waals surface area contributed by atoms with Crippen LogP contribution in [0.1, 0.15) is 19.8 Å². The van der Waals surface area contributed by atoms with Gasteiger partial charge >= 0.3 is 6.09 Å². The lowest BCUT2D eigenvalue weighted by molar-refractivity contribution is 0.152. The second kappa shape index (κ2) is 10.1. The molecule has 6 heteroatoms. The van der Waals surface area contributed by atoms with E-state index in [-0.39, 0.29) is 18.5 Å². The number of hydrogen-bond donors (Lipinski definition) is 2. The highest BCUT2D eigenvalue weighted by Crippen LogP contribution is 2.16. The van der Waals surface area contributed by atoms with E-state index < -0.39 is 0 Å². The molecule has 0 aromatic rings. The van der Waals surface area contributed by atoms with E-state index in [9.17, 15) is 4.79 Å². The topological polar surface area (TPSA) is 50.4 Å². The third kappa shape index (κ3) is 7.19. The lowest BCUT2D eigenvalue weighted by Crippen LogP contribution is -2.38. The highest BCUT2D eigenvalue weighted by atomic mass is 35.5. The summed E-state index contributed by atoms with van der Waals surface area (Å²) < 4.78 is 4.75. The summed E-state index contributed by atoms with van der Waals surface area (Å²) >= 11 is 2.02. The maximum Gasteiger partial charge on any atom is 0.407 e. The van der Waals surface area contributed by atoms with Crippen LogP contribution >= 0.6 is 24.2 Å². The molecule has 1 amide bonds. The SMILES string of the molecule is CCOC(=O)NCCNC1CCSCC1.Cl. The number of carbonyl (C=O) groups is 1. The van der Waals surface area contributed by atoms with Gasteiger partial charge in [0, 0.05) is 19.1 Å². The average molecular weight is 269 g/mol. The van der Waals surface area contributed by atoms with Crippen molar-refractivity contribution < 1.29 is 9.53 Å². The van der Waals surface area contributed by atoms with Gasteiger partial charge in [-0.25, -0.2) is 4.79 Å². The molecule has 0 aromatic heterocycles. The quantitative estimate of drug-likeness (QED) is 0.745. The normalized spacial score (nSPS) is 16.3. The number of nitrogens with one attached hydrogen (secondary N) is 2. The van der Waals surface area contributed by atoms with E-state index in [1.807, 2.05) is 11.8 Å². The Morgan fingerprint density at radius 3 is 2.69 bits per heavy atom. The van der Waals surface area contributed by atoms with E-state index in [0.717, 1.165) is 6.54 Å². The molecule has 1 aliphatic heterocycles. The van der Waals surface area contributed by atoms with Crippen LogP contribution < -0.4 is 10.6 Å². The van der Waals surface area contributed by atoms with Crippen molar-refractivity contribution >= 4 is 30.3 Å². The first kappa shape index (κ1) is 15.9. The van der Waals surface area contributed by atoms with Crippen LogP contribution in [0, 0.1) is 0 Å². The van der Waals surface area contributed by atoms with Crippen LogP contribution in [0.5, 0.6) is 0 Å². The number of thioether (sulfide) groups is 1. The van der Waals surface area contributed by atoms with Crippen LogP contribution in [0.2, 0.25) is 0 Å². The molecule has 0 aromatic carbocycles. The summed E-state index contributed by atoms with van der Waals surface area (Å²) in [4.78, 5) is 10.9. The molecule has 0 atom stereocenters. The second-order valence-corrected chi connectivity index (χ2v) is 4.71. The van der Waals surface area contributed by atoms with Crippen LogP contribution in [0.25, 0.3) is 0 Å². The lowest BCUT2D eigenvalue weighted by atomic mass is 10.1. The van der Waals surface area contributed by atoms with Gasteiger partial charge in [0.25, 0.3) is 0 Å². The van der Waals surface area contributed by atoms with Gasteiger partial charge in [0.05, 0.1) is 6.61 Å². The first-order valence-electron chi connectivity index (χ1n) is 5.54. The molecule has 16 heavy (non-hydrogen) atoms. The number of hydrogen-bond acceptors (Lipinski definition) is 4. The van der Waals surface area contributed by atoms with Crippen LogP contribution in [0.15, 0.2) is 0 Å². The minimum absolute atomic E-state index is 0. The minimum Gasteiger partial charge on any atom is -0.450 e. The predicted octanol–water partition coefficient (Wildman–Crippen LogP) is 1.64. The van der Waals surface area contributed by atoms with Gasteiger partial charge in [0.2, 0.25) is 0 Å². The molecular formula is C10H21ClN2O2S. The third-order valence-corrected chi connectivity index (χ3v) is 3.37. The molecule has 0 saturated carbocycles. The molecule has 0 aliphatic carbocycles. The standard InChI is InChI=1S/C10H20N2O2S.ClH/c1-2-14-10(13)12-6-5-11-9-3-7-15-8-4-9;/h9,11H,2-8H2,1H3,(H,12,13);1H. The first-order valence-corrected chi connectivity index (χ1v) is 6.70. The van der Waals surface area contributed by atoms with Crippen LogP contribution in [-0.4, -0.2) is 43.3 Å². The van der Waals surface area contributed by atoms with E-state index in [1.54, 1.807) is 6.92 Å². The smallest absolute Gasteiger partial charge is 0.407 e. The highest BCUT2D eigenvalue weighted by molar-refractivity contribution is 7.99. The van der Waals surface area contributed by atoms with Crippen molar-refractivity contribution in [3.8, 4) is 0 Å². The maximum atomic E-state index is 10.9. The zero-order valence-electron chi connectivity index (χ0n) is 9.66. The lowest BCUT2D eigenvalue weighted by Gasteiger charge is -2.22. The number of ether oxygens (including phenoxy) is 1. The Bertz CT molecular complexity index is 190. The Labute approximate surface area is 108 Å². The van der Waals surface area contributed by atoms with Crippen molar-refractivity contribution in [2.45, 2.75) is 25.8 Å². The van der Waals surface area contributed by atoms with Gasteiger partial charge in [0.15, 0.2) is 0 Å². The summed E-state index contributed by atoms with van der Waals surface area (Å²) in [5.41, 5.74) is 0. The molecule has 0 radical (unpaired) electrons. The molecule has 1 fully saturated rings. The van der Waals surface area contributed by atoms with Crippen molar-refractivity contribution in [3.05, 3.63) is 0 Å². The summed E-state index contributed by atoms with van der Waals surface area (Å²) in [5, 5.41) is 6.13. The fraction of sp³-hybridized carbons (Fsp3) is 0.900. The second-order valence-electron chi connectivity index (χ2n) is 3.49. The molecule has 1 aliphatic rings. The summed E-state index contributed by atoms with van der Waals surface area (Å²) in [6, 6.07) is 0.634. The molecule has 96 valence electrons. The Morgan fingerprint density at radius 2 is 2.06 bits per heavy atom. The van der Waals surface area contributed by atoms with Gasteiger partial charge in [-0.15, -0.1) is 12.4 Å². The minimum atomic E-state index is -0.321. The number of alkyl carbamates (subject to hydrolysis) is 1. The van der Waals surface area contributed by atoms with Crippen molar-refractivity contribution in [1.82, 2.24) is 10.6 Å². The molecule has 4 nitrogen and oxygen atoms in total. The van der Waals surface area contributed by atoms with Gasteiger partial charge in [-0.1, -0.05) is 0 Å². The van der Waals surface area contributed by atoms with E-state index >= 15 is 0 Å². The van der Waals surface area contributed by atoms with Gasteiger partial charge in [-0.2, -0.15) is 11.8 Å². The summed E-state index contributed by atoms with van der Waals surface area (Å²) in [5.74, 6) is 2.51. The van der Waals surface area contributed by atoms with Crippen LogP contribution in [0.4, 0.5) is 4.79 Å². The van der Waals surface area contributed by atoms with E-state index in [2.05, 4.69) is 10.6 Å². The van der Waals surface area contributed by atoms with Crippen LogP contribution in [-0.2, 0) is 4.74 Å². The van der Waals surface area contributed by atoms with Gasteiger partial charge in [-0.05, 0) is 31.3 Å². The van der Waals surface area contributed by atoms with Gasteiger partial charge in [0.1, 0.15) is 0 Å².